The summed E-state index contributed by atoms with van der Waals surface area (Å²) in [6.07, 6.45) is 1.22. The van der Waals surface area contributed by atoms with Gasteiger partial charge in [-0.05, 0) is 44.0 Å². The average molecular weight is 287 g/mol. The minimum absolute atomic E-state index is 0.0159. The Balaban J connectivity index is 2.04. The summed E-state index contributed by atoms with van der Waals surface area (Å²) in [6, 6.07) is 5.69. The standard InChI is InChI=1S/C17H21NO3/c1-12-11-14(5-3-4-9-19)6-7-16(12)18-17(20)15-8-10-21-13(15)2/h6-7,11,13,15,19H,4,8-10H2,1-2H3,(H,18,20). The fourth-order valence-electron chi connectivity index (χ4n) is 2.40. The highest BCUT2D eigenvalue weighted by Crippen LogP contribution is 2.23. The highest BCUT2D eigenvalue weighted by atomic mass is 16.5. The molecule has 0 spiro atoms. The number of hydrogen-bond acceptors (Lipinski definition) is 3. The number of benzene rings is 1. The highest BCUT2D eigenvalue weighted by molar-refractivity contribution is 5.93. The van der Waals surface area contributed by atoms with E-state index < -0.39 is 0 Å². The van der Waals surface area contributed by atoms with Crippen LogP contribution >= 0.6 is 0 Å². The molecule has 1 saturated heterocycles. The van der Waals surface area contributed by atoms with Gasteiger partial charge in [-0.15, -0.1) is 0 Å². The quantitative estimate of drug-likeness (QED) is 0.837. The zero-order chi connectivity index (χ0) is 15.2. The summed E-state index contributed by atoms with van der Waals surface area (Å²) in [5, 5.41) is 11.7. The molecule has 0 radical (unpaired) electrons. The van der Waals surface area contributed by atoms with Crippen LogP contribution in [0.5, 0.6) is 0 Å². The van der Waals surface area contributed by atoms with Crippen molar-refractivity contribution in [2.75, 3.05) is 18.5 Å². The van der Waals surface area contributed by atoms with Crippen LogP contribution in [-0.2, 0) is 9.53 Å². The smallest absolute Gasteiger partial charge is 0.230 e. The van der Waals surface area contributed by atoms with Gasteiger partial charge in [0.2, 0.25) is 5.91 Å². The van der Waals surface area contributed by atoms with Crippen LogP contribution in [-0.4, -0.2) is 30.3 Å². The molecule has 2 unspecified atom stereocenters. The van der Waals surface area contributed by atoms with Crippen molar-refractivity contribution in [2.24, 2.45) is 5.92 Å². The second-order valence-corrected chi connectivity index (χ2v) is 5.27. The molecule has 2 atom stereocenters. The zero-order valence-electron chi connectivity index (χ0n) is 12.5. The largest absolute Gasteiger partial charge is 0.395 e. The molecule has 2 N–H and O–H groups in total. The molecular weight excluding hydrogens is 266 g/mol. The first-order chi connectivity index (χ1) is 10.1. The average Bonchev–Trinajstić information content (AvgIpc) is 2.88. The molecule has 0 aliphatic carbocycles. The molecule has 1 amide bonds. The number of rotatable bonds is 3. The third kappa shape index (κ3) is 4.07. The first-order valence-corrected chi connectivity index (χ1v) is 7.24. The molecule has 1 heterocycles. The summed E-state index contributed by atoms with van der Waals surface area (Å²) < 4.78 is 5.43. The molecule has 112 valence electrons. The predicted molar refractivity (Wildman–Crippen MR) is 81.9 cm³/mol. The molecule has 2 rings (SSSR count). The number of aliphatic hydroxyl groups is 1. The van der Waals surface area contributed by atoms with Gasteiger partial charge in [0.25, 0.3) is 0 Å². The molecule has 1 aromatic rings. The lowest BCUT2D eigenvalue weighted by atomic mass is 10.0. The van der Waals surface area contributed by atoms with Crippen molar-refractivity contribution >= 4 is 11.6 Å². The predicted octanol–water partition coefficient (Wildman–Crippen LogP) is 2.09. The SMILES string of the molecule is Cc1cc(C#CCCO)ccc1NC(=O)C1CCOC1C. The Morgan fingerprint density at radius 2 is 2.33 bits per heavy atom. The Bertz CT molecular complexity index is 571. The van der Waals surface area contributed by atoms with Crippen molar-refractivity contribution < 1.29 is 14.6 Å². The third-order valence-electron chi connectivity index (χ3n) is 3.67. The Morgan fingerprint density at radius 3 is 2.95 bits per heavy atom. The molecule has 1 aliphatic heterocycles. The van der Waals surface area contributed by atoms with Crippen LogP contribution in [0.25, 0.3) is 0 Å². The van der Waals surface area contributed by atoms with Gasteiger partial charge >= 0.3 is 0 Å². The van der Waals surface area contributed by atoms with Crippen molar-refractivity contribution in [3.05, 3.63) is 29.3 Å². The van der Waals surface area contributed by atoms with Crippen LogP contribution < -0.4 is 5.32 Å². The first kappa shape index (κ1) is 15.6. The van der Waals surface area contributed by atoms with Crippen molar-refractivity contribution in [3.63, 3.8) is 0 Å². The van der Waals surface area contributed by atoms with Gasteiger partial charge in [0.15, 0.2) is 0 Å². The van der Waals surface area contributed by atoms with Crippen LogP contribution in [0, 0.1) is 24.7 Å². The fourth-order valence-corrected chi connectivity index (χ4v) is 2.40. The van der Waals surface area contributed by atoms with E-state index in [4.69, 9.17) is 9.84 Å². The molecule has 4 nitrogen and oxygen atoms in total. The Hall–Kier alpha value is -1.83. The number of aryl methyl sites for hydroxylation is 1. The summed E-state index contributed by atoms with van der Waals surface area (Å²) >= 11 is 0. The second-order valence-electron chi connectivity index (χ2n) is 5.27. The van der Waals surface area contributed by atoms with E-state index in [-0.39, 0.29) is 24.5 Å². The molecule has 0 saturated carbocycles. The van der Waals surface area contributed by atoms with Crippen molar-refractivity contribution in [1.82, 2.24) is 0 Å². The number of amides is 1. The lowest BCUT2D eigenvalue weighted by Gasteiger charge is -2.15. The number of carbonyl (C=O) groups excluding carboxylic acids is 1. The Morgan fingerprint density at radius 1 is 1.52 bits per heavy atom. The minimum atomic E-state index is -0.0755. The van der Waals surface area contributed by atoms with Crippen molar-refractivity contribution in [3.8, 4) is 11.8 Å². The van der Waals surface area contributed by atoms with Gasteiger partial charge in [0, 0.05) is 24.3 Å². The van der Waals surface area contributed by atoms with E-state index in [1.54, 1.807) is 0 Å². The van der Waals surface area contributed by atoms with E-state index in [1.165, 1.54) is 0 Å². The zero-order valence-corrected chi connectivity index (χ0v) is 12.5. The maximum atomic E-state index is 12.2. The minimum Gasteiger partial charge on any atom is -0.395 e. The molecular formula is C17H21NO3. The third-order valence-corrected chi connectivity index (χ3v) is 3.67. The Labute approximate surface area is 125 Å². The fraction of sp³-hybridized carbons (Fsp3) is 0.471. The number of carbonyl (C=O) groups is 1. The van der Waals surface area contributed by atoms with Crippen LogP contribution in [0.1, 0.15) is 30.9 Å². The van der Waals surface area contributed by atoms with Crippen molar-refractivity contribution in [2.45, 2.75) is 32.8 Å². The van der Waals surface area contributed by atoms with E-state index in [0.717, 1.165) is 23.2 Å². The summed E-state index contributed by atoms with van der Waals surface area (Å²) in [5.41, 5.74) is 2.68. The van der Waals surface area contributed by atoms with E-state index in [9.17, 15) is 4.79 Å². The molecule has 0 aromatic heterocycles. The Kier molecular flexibility index (Phi) is 5.38. The summed E-state index contributed by atoms with van der Waals surface area (Å²) in [6.45, 7) is 4.60. The van der Waals surface area contributed by atoms with E-state index in [0.29, 0.717) is 13.0 Å². The van der Waals surface area contributed by atoms with Gasteiger partial charge in [0.1, 0.15) is 0 Å². The van der Waals surface area contributed by atoms with E-state index >= 15 is 0 Å². The number of aliphatic hydroxyl groups excluding tert-OH is 1. The van der Waals surface area contributed by atoms with Crippen LogP contribution in [0.3, 0.4) is 0 Å². The number of hydrogen-bond donors (Lipinski definition) is 2. The van der Waals surface area contributed by atoms with Gasteiger partial charge in [0.05, 0.1) is 18.6 Å². The second kappa shape index (κ2) is 7.26. The molecule has 21 heavy (non-hydrogen) atoms. The maximum Gasteiger partial charge on any atom is 0.230 e. The molecule has 1 aromatic carbocycles. The summed E-state index contributed by atoms with van der Waals surface area (Å²) in [7, 11) is 0. The van der Waals surface area contributed by atoms with E-state index in [1.807, 2.05) is 32.0 Å². The summed E-state index contributed by atoms with van der Waals surface area (Å²) in [5.74, 6) is 5.81. The monoisotopic (exact) mass is 287 g/mol. The van der Waals surface area contributed by atoms with Crippen LogP contribution in [0.15, 0.2) is 18.2 Å². The first-order valence-electron chi connectivity index (χ1n) is 7.24. The molecule has 4 heteroatoms. The maximum absolute atomic E-state index is 12.2. The van der Waals surface area contributed by atoms with Gasteiger partial charge in [-0.25, -0.2) is 0 Å². The van der Waals surface area contributed by atoms with Gasteiger partial charge in [-0.1, -0.05) is 11.8 Å². The number of nitrogens with one attached hydrogen (secondary N) is 1. The normalized spacial score (nSPS) is 20.7. The van der Waals surface area contributed by atoms with Gasteiger partial charge < -0.3 is 15.2 Å². The van der Waals surface area contributed by atoms with Gasteiger partial charge in [-0.2, -0.15) is 0 Å². The lowest BCUT2D eigenvalue weighted by Crippen LogP contribution is -2.28. The number of anilines is 1. The van der Waals surface area contributed by atoms with Crippen LogP contribution in [0.4, 0.5) is 5.69 Å². The number of ether oxygens (including phenoxy) is 1. The van der Waals surface area contributed by atoms with E-state index in [2.05, 4.69) is 17.2 Å². The van der Waals surface area contributed by atoms with Crippen molar-refractivity contribution in [1.29, 1.82) is 0 Å². The summed E-state index contributed by atoms with van der Waals surface area (Å²) in [4.78, 5) is 12.2. The lowest BCUT2D eigenvalue weighted by molar-refractivity contribution is -0.121. The van der Waals surface area contributed by atoms with Crippen LogP contribution in [0.2, 0.25) is 0 Å². The molecule has 1 aliphatic rings. The van der Waals surface area contributed by atoms with Gasteiger partial charge in [-0.3, -0.25) is 4.79 Å². The topological polar surface area (TPSA) is 58.6 Å². The molecule has 0 bridgehead atoms. The molecule has 1 fully saturated rings. The highest BCUT2D eigenvalue weighted by Gasteiger charge is 2.30.